The van der Waals surface area contributed by atoms with Crippen molar-refractivity contribution in [3.8, 4) is 6.07 Å². The molecule has 0 fully saturated rings. The number of nitriles is 1. The van der Waals surface area contributed by atoms with Gasteiger partial charge in [-0.15, -0.1) is 11.3 Å². The number of anilines is 1. The topological polar surface area (TPSA) is 69.9 Å². The molecular formula is C21H20N4OS2. The summed E-state index contributed by atoms with van der Waals surface area (Å²) in [6.07, 6.45) is 4.60. The third-order valence-electron chi connectivity index (χ3n) is 4.82. The number of thiophene rings is 1. The zero-order valence-corrected chi connectivity index (χ0v) is 17.3. The predicted molar refractivity (Wildman–Crippen MR) is 114 cm³/mol. The zero-order valence-electron chi connectivity index (χ0n) is 15.6. The van der Waals surface area contributed by atoms with Crippen molar-refractivity contribution in [3.63, 3.8) is 0 Å². The summed E-state index contributed by atoms with van der Waals surface area (Å²) in [6.45, 7) is 1.94. The Morgan fingerprint density at radius 2 is 2.04 bits per heavy atom. The number of aromatic nitrogens is 2. The summed E-state index contributed by atoms with van der Waals surface area (Å²) in [5.41, 5.74) is 2.12. The van der Waals surface area contributed by atoms with Crippen LogP contribution in [-0.2, 0) is 17.6 Å². The molecule has 1 aliphatic rings. The minimum absolute atomic E-state index is 0.0372. The Balaban J connectivity index is 1.60. The first kappa shape index (κ1) is 18.9. The molecule has 0 saturated carbocycles. The maximum atomic E-state index is 12.9. The smallest absolute Gasteiger partial charge is 0.238 e. The van der Waals surface area contributed by atoms with E-state index in [4.69, 9.17) is 5.26 Å². The molecule has 28 heavy (non-hydrogen) atoms. The van der Waals surface area contributed by atoms with Crippen LogP contribution in [0.3, 0.4) is 0 Å². The van der Waals surface area contributed by atoms with Crippen LogP contribution in [0.1, 0.15) is 29.1 Å². The fraction of sp³-hybridized carbons (Fsp3) is 0.333. The van der Waals surface area contributed by atoms with Crippen LogP contribution in [0.4, 0.5) is 5.69 Å². The number of hydrogen-bond donors (Lipinski definition) is 0. The van der Waals surface area contributed by atoms with Gasteiger partial charge in [0.25, 0.3) is 0 Å². The second-order valence-electron chi connectivity index (χ2n) is 6.73. The maximum Gasteiger partial charge on any atom is 0.238 e. The van der Waals surface area contributed by atoms with E-state index in [0.29, 0.717) is 0 Å². The Hall–Kier alpha value is -2.43. The number of benzene rings is 1. The molecule has 1 aromatic carbocycles. The first-order valence-corrected chi connectivity index (χ1v) is 11.1. The summed E-state index contributed by atoms with van der Waals surface area (Å²) in [5, 5.41) is 11.2. The van der Waals surface area contributed by atoms with Gasteiger partial charge in [0, 0.05) is 16.0 Å². The highest BCUT2D eigenvalue weighted by Gasteiger charge is 2.22. The molecule has 0 unspecified atom stereocenters. The van der Waals surface area contributed by atoms with Gasteiger partial charge in [-0.05, 0) is 50.3 Å². The molecule has 7 heteroatoms. The van der Waals surface area contributed by atoms with Crippen LogP contribution in [0, 0.1) is 18.3 Å². The molecule has 2 aromatic heterocycles. The van der Waals surface area contributed by atoms with Crippen molar-refractivity contribution in [1.82, 2.24) is 9.97 Å². The van der Waals surface area contributed by atoms with Gasteiger partial charge in [0.2, 0.25) is 5.91 Å². The van der Waals surface area contributed by atoms with Crippen molar-refractivity contribution in [1.29, 1.82) is 5.26 Å². The van der Waals surface area contributed by atoms with Crippen molar-refractivity contribution in [2.24, 2.45) is 0 Å². The Bertz CT molecular complexity index is 1060. The van der Waals surface area contributed by atoms with E-state index in [1.54, 1.807) is 11.3 Å². The van der Waals surface area contributed by atoms with Gasteiger partial charge in [0.05, 0.1) is 11.8 Å². The molecule has 1 amide bonds. The minimum atomic E-state index is -0.0914. The molecule has 3 aromatic rings. The second kappa shape index (κ2) is 8.29. The summed E-state index contributed by atoms with van der Waals surface area (Å²) in [4.78, 5) is 26.1. The van der Waals surface area contributed by atoms with Gasteiger partial charge < -0.3 is 0 Å². The number of hydrogen-bond acceptors (Lipinski definition) is 6. The van der Waals surface area contributed by atoms with E-state index < -0.39 is 0 Å². The van der Waals surface area contributed by atoms with Crippen molar-refractivity contribution in [2.45, 2.75) is 37.6 Å². The molecule has 0 atom stereocenters. The Morgan fingerprint density at radius 3 is 2.82 bits per heavy atom. The van der Waals surface area contributed by atoms with Crippen LogP contribution in [0.2, 0.25) is 0 Å². The van der Waals surface area contributed by atoms with Crippen molar-refractivity contribution >= 4 is 44.9 Å². The second-order valence-corrected chi connectivity index (χ2v) is 8.78. The van der Waals surface area contributed by atoms with Crippen molar-refractivity contribution in [3.05, 3.63) is 46.6 Å². The molecular weight excluding hydrogens is 388 g/mol. The summed E-state index contributed by atoms with van der Waals surface area (Å²) in [7, 11) is 0. The van der Waals surface area contributed by atoms with Gasteiger partial charge in [-0.3, -0.25) is 9.69 Å². The number of aryl methyl sites for hydroxylation is 3. The standard InChI is InChI=1S/C21H20N4OS2/c1-14-23-20(19-16-9-5-6-10-17(16)28-21(19)24-14)27-13-18(26)25(12-11-22)15-7-3-2-4-8-15/h2-4,7-8H,5-6,9-10,12-13H2,1H3. The summed E-state index contributed by atoms with van der Waals surface area (Å²) in [5.74, 6) is 0.886. The molecule has 0 aliphatic heterocycles. The van der Waals surface area contributed by atoms with E-state index in [1.165, 1.54) is 39.9 Å². The van der Waals surface area contributed by atoms with E-state index in [-0.39, 0.29) is 18.2 Å². The van der Waals surface area contributed by atoms with Crippen LogP contribution in [0.25, 0.3) is 10.2 Å². The molecule has 0 bridgehead atoms. The van der Waals surface area contributed by atoms with Crippen LogP contribution < -0.4 is 4.90 Å². The molecule has 0 saturated heterocycles. The van der Waals surface area contributed by atoms with E-state index >= 15 is 0 Å². The highest BCUT2D eigenvalue weighted by Crippen LogP contribution is 2.39. The van der Waals surface area contributed by atoms with E-state index in [9.17, 15) is 4.79 Å². The maximum absolute atomic E-state index is 12.9. The lowest BCUT2D eigenvalue weighted by molar-refractivity contribution is -0.116. The molecule has 0 N–H and O–H groups in total. The lowest BCUT2D eigenvalue weighted by Gasteiger charge is -2.19. The number of amides is 1. The van der Waals surface area contributed by atoms with Crippen molar-refractivity contribution < 1.29 is 4.79 Å². The Morgan fingerprint density at radius 1 is 1.25 bits per heavy atom. The number of nitrogens with zero attached hydrogens (tertiary/aromatic N) is 4. The van der Waals surface area contributed by atoms with E-state index in [2.05, 4.69) is 16.0 Å². The monoisotopic (exact) mass is 408 g/mol. The fourth-order valence-electron chi connectivity index (χ4n) is 3.54. The highest BCUT2D eigenvalue weighted by molar-refractivity contribution is 8.00. The van der Waals surface area contributed by atoms with Gasteiger partial charge >= 0.3 is 0 Å². The molecule has 0 spiro atoms. The van der Waals surface area contributed by atoms with Crippen molar-refractivity contribution in [2.75, 3.05) is 17.2 Å². The number of carbonyl (C=O) groups is 1. The number of thioether (sulfide) groups is 1. The normalized spacial score (nSPS) is 13.1. The molecule has 5 nitrogen and oxygen atoms in total. The van der Waals surface area contributed by atoms with Crippen LogP contribution in [0.15, 0.2) is 35.4 Å². The minimum Gasteiger partial charge on any atom is -0.298 e. The third-order valence-corrected chi connectivity index (χ3v) is 6.97. The molecule has 4 rings (SSSR count). The summed E-state index contributed by atoms with van der Waals surface area (Å²) >= 11 is 3.22. The van der Waals surface area contributed by atoms with E-state index in [0.717, 1.165) is 39.6 Å². The average molecular weight is 409 g/mol. The van der Waals surface area contributed by atoms with Gasteiger partial charge in [-0.1, -0.05) is 30.0 Å². The Labute approximate surface area is 172 Å². The van der Waals surface area contributed by atoms with Gasteiger partial charge in [-0.25, -0.2) is 9.97 Å². The molecule has 142 valence electrons. The van der Waals surface area contributed by atoms with E-state index in [1.807, 2.05) is 37.3 Å². The summed E-state index contributed by atoms with van der Waals surface area (Å²) < 4.78 is 0. The molecule has 0 radical (unpaired) electrons. The number of rotatable bonds is 5. The predicted octanol–water partition coefficient (Wildman–Crippen LogP) is 4.53. The van der Waals surface area contributed by atoms with Gasteiger partial charge in [0.15, 0.2) is 0 Å². The number of carbonyl (C=O) groups excluding carboxylic acids is 1. The lowest BCUT2D eigenvalue weighted by Crippen LogP contribution is -2.32. The fourth-order valence-corrected chi connectivity index (χ4v) is 5.89. The number of fused-ring (bicyclic) bond motifs is 3. The largest absolute Gasteiger partial charge is 0.298 e. The first-order valence-electron chi connectivity index (χ1n) is 9.31. The van der Waals surface area contributed by atoms with Crippen LogP contribution in [0.5, 0.6) is 0 Å². The Kier molecular flexibility index (Phi) is 5.60. The van der Waals surface area contributed by atoms with Crippen LogP contribution in [-0.4, -0.2) is 28.2 Å². The summed E-state index contributed by atoms with van der Waals surface area (Å²) in [6, 6.07) is 11.4. The van der Waals surface area contributed by atoms with Gasteiger partial charge in [0.1, 0.15) is 22.2 Å². The quantitative estimate of drug-likeness (QED) is 0.352. The zero-order chi connectivity index (χ0) is 19.5. The third kappa shape index (κ3) is 3.75. The molecule has 1 aliphatic carbocycles. The van der Waals surface area contributed by atoms with Crippen LogP contribution >= 0.6 is 23.1 Å². The van der Waals surface area contributed by atoms with Gasteiger partial charge in [-0.2, -0.15) is 5.26 Å². The number of para-hydroxylation sites is 1. The SMILES string of the molecule is Cc1nc(SCC(=O)N(CC#N)c2ccccc2)c2c3c(sc2n1)CCCC3. The average Bonchev–Trinajstić information content (AvgIpc) is 3.08. The molecule has 2 heterocycles. The lowest BCUT2D eigenvalue weighted by atomic mass is 9.97. The first-order chi connectivity index (χ1) is 13.7. The highest BCUT2D eigenvalue weighted by atomic mass is 32.2.